The van der Waals surface area contributed by atoms with E-state index in [0.29, 0.717) is 66.4 Å². The number of piperidine rings is 2. The molecule has 1 atom stereocenters. The summed E-state index contributed by atoms with van der Waals surface area (Å²) >= 11 is 6.29. The summed E-state index contributed by atoms with van der Waals surface area (Å²) in [5, 5.41) is 11.8. The van der Waals surface area contributed by atoms with Crippen molar-refractivity contribution in [3.05, 3.63) is 75.4 Å². The molecule has 61 heavy (non-hydrogen) atoms. The number of aromatic nitrogens is 2. The van der Waals surface area contributed by atoms with Crippen LogP contribution in [0.25, 0.3) is 0 Å². The minimum absolute atomic E-state index is 0.0105. The maximum Gasteiger partial charge on any atom is 0.275 e. The second-order valence-corrected chi connectivity index (χ2v) is 18.7. The number of hydrogen-bond acceptors (Lipinski definition) is 12. The molecule has 1 N–H and O–H groups in total. The molecule has 1 aliphatic carbocycles. The molecule has 5 aliphatic heterocycles. The molecule has 2 aromatic carbocycles. The Hall–Kier alpha value is -5.66. The third kappa shape index (κ3) is 6.86. The molecule has 3 saturated heterocycles. The van der Waals surface area contributed by atoms with E-state index in [1.807, 2.05) is 9.80 Å². The quantitative estimate of drug-likeness (QED) is 0.317. The van der Waals surface area contributed by atoms with E-state index in [0.717, 1.165) is 49.3 Å². The first-order valence-corrected chi connectivity index (χ1v) is 21.2. The predicted octanol–water partition coefficient (Wildman–Crippen LogP) is 4.42. The Balaban J connectivity index is 0.775. The van der Waals surface area contributed by atoms with Gasteiger partial charge in [-0.15, -0.1) is 0 Å². The molecule has 6 heterocycles. The number of hydrogen-bond donors (Lipinski definition) is 1. The summed E-state index contributed by atoms with van der Waals surface area (Å²) in [6.07, 6.45) is 3.45. The number of anilines is 2. The fraction of sp³-hybridized carbons (Fsp3) is 0.500. The average Bonchev–Trinajstić information content (AvgIpc) is 3.66. The van der Waals surface area contributed by atoms with Crippen molar-refractivity contribution < 1.29 is 33.1 Å². The third-order valence-electron chi connectivity index (χ3n) is 13.7. The van der Waals surface area contributed by atoms with Crippen LogP contribution >= 0.6 is 11.6 Å². The molecule has 15 nitrogen and oxygen atoms in total. The number of imide groups is 2. The molecule has 3 aromatic rings. The standard InChI is InChI=1S/C44H47ClFN9O6/c1-43(2)41(44(3,4)42(43)61-26-6-5-25(20-47)29(45)17-26)54-23-31-36(40(54)60)48-21-34(49-31)53-11-9-24(10-12-53)22-51-13-15-52(16-14-51)33-19-28-27(18-30(33)46)38(58)55(39(28)59)32-7-8-35(56)50-37(32)57/h5-6,17-19,21,24,32,41-42H,7-16,22-23H2,1-4H3,(H,50,56,57). The largest absolute Gasteiger partial charge is 0.489 e. The summed E-state index contributed by atoms with van der Waals surface area (Å²) in [7, 11) is 0. The van der Waals surface area contributed by atoms with Gasteiger partial charge in [-0.1, -0.05) is 39.3 Å². The number of nitrogens with zero attached hydrogens (tertiary/aromatic N) is 8. The first-order valence-electron chi connectivity index (χ1n) is 20.9. The van der Waals surface area contributed by atoms with Crippen molar-refractivity contribution in [1.82, 2.24) is 30.0 Å². The predicted molar refractivity (Wildman–Crippen MR) is 221 cm³/mol. The zero-order valence-electron chi connectivity index (χ0n) is 34.5. The molecule has 4 fully saturated rings. The molecule has 0 spiro atoms. The number of piperazine rings is 1. The average molecular weight is 852 g/mol. The maximum atomic E-state index is 15.5. The van der Waals surface area contributed by atoms with Gasteiger partial charge in [-0.2, -0.15) is 5.26 Å². The van der Waals surface area contributed by atoms with Gasteiger partial charge in [-0.05, 0) is 49.4 Å². The Kier molecular flexibility index (Phi) is 10.1. The van der Waals surface area contributed by atoms with Gasteiger partial charge in [0.05, 0.1) is 45.8 Å². The van der Waals surface area contributed by atoms with Crippen LogP contribution in [0.2, 0.25) is 5.02 Å². The van der Waals surface area contributed by atoms with Gasteiger partial charge in [0.25, 0.3) is 17.7 Å². The van der Waals surface area contributed by atoms with Crippen molar-refractivity contribution >= 4 is 52.6 Å². The van der Waals surface area contributed by atoms with Crippen molar-refractivity contribution in [2.24, 2.45) is 16.7 Å². The van der Waals surface area contributed by atoms with Crippen molar-refractivity contribution in [2.45, 2.75) is 78.1 Å². The van der Waals surface area contributed by atoms with E-state index in [9.17, 15) is 29.2 Å². The summed E-state index contributed by atoms with van der Waals surface area (Å²) < 4.78 is 22.0. The van der Waals surface area contributed by atoms with Crippen molar-refractivity contribution in [2.75, 3.05) is 55.6 Å². The van der Waals surface area contributed by atoms with E-state index in [4.69, 9.17) is 21.3 Å². The number of halogens is 2. The summed E-state index contributed by atoms with van der Waals surface area (Å²) in [6.45, 7) is 13.8. The molecule has 1 saturated carbocycles. The molecule has 0 radical (unpaired) electrons. The van der Waals surface area contributed by atoms with E-state index in [-0.39, 0.29) is 47.7 Å². The molecule has 1 unspecified atom stereocenters. The Morgan fingerprint density at radius 1 is 0.902 bits per heavy atom. The Labute approximate surface area is 357 Å². The van der Waals surface area contributed by atoms with Crippen LogP contribution in [0.4, 0.5) is 15.9 Å². The monoisotopic (exact) mass is 851 g/mol. The van der Waals surface area contributed by atoms with Gasteiger partial charge in [-0.25, -0.2) is 14.4 Å². The molecule has 318 valence electrons. The fourth-order valence-electron chi connectivity index (χ4n) is 11.0. The highest BCUT2D eigenvalue weighted by Crippen LogP contribution is 2.59. The number of amides is 5. The lowest BCUT2D eigenvalue weighted by Gasteiger charge is -2.65. The summed E-state index contributed by atoms with van der Waals surface area (Å²) in [5.41, 5.74) is 0.899. The van der Waals surface area contributed by atoms with Crippen LogP contribution in [0, 0.1) is 33.9 Å². The van der Waals surface area contributed by atoms with Crippen molar-refractivity contribution in [1.29, 1.82) is 5.26 Å². The number of ether oxygens (including phenoxy) is 1. The van der Waals surface area contributed by atoms with Crippen LogP contribution in [-0.2, 0) is 16.1 Å². The van der Waals surface area contributed by atoms with E-state index in [1.165, 1.54) is 6.07 Å². The fourth-order valence-corrected chi connectivity index (χ4v) is 11.3. The van der Waals surface area contributed by atoms with Crippen LogP contribution in [0.5, 0.6) is 5.75 Å². The number of nitriles is 1. The molecular formula is C44H47ClFN9O6. The molecule has 1 aromatic heterocycles. The van der Waals surface area contributed by atoms with Gasteiger partial charge in [0.15, 0.2) is 5.69 Å². The first-order chi connectivity index (χ1) is 29.1. The third-order valence-corrected chi connectivity index (χ3v) is 14.0. The van der Waals surface area contributed by atoms with Gasteiger partial charge >= 0.3 is 0 Å². The number of carbonyl (C=O) groups excluding carboxylic acids is 5. The SMILES string of the molecule is CC1(C)C(Oc2ccc(C#N)c(Cl)c2)C(C)(C)C1N1Cc2nc(N3CCC(CN4CCN(c5cc6c(cc5F)C(=O)N(C5CCC(=O)NC5=O)C6=O)CC4)CC3)cnc2C1=O. The zero-order chi connectivity index (χ0) is 43.1. The highest BCUT2D eigenvalue weighted by Gasteiger charge is 2.67. The van der Waals surface area contributed by atoms with E-state index >= 15 is 4.39 Å². The topological polar surface area (TPSA) is 172 Å². The van der Waals surface area contributed by atoms with Crippen LogP contribution in [0.15, 0.2) is 36.5 Å². The Morgan fingerprint density at radius 3 is 2.25 bits per heavy atom. The highest BCUT2D eigenvalue weighted by molar-refractivity contribution is 6.31. The van der Waals surface area contributed by atoms with Crippen molar-refractivity contribution in [3.8, 4) is 11.8 Å². The first kappa shape index (κ1) is 40.7. The number of carbonyl (C=O) groups is 5. The number of benzene rings is 2. The minimum Gasteiger partial charge on any atom is -0.489 e. The van der Waals surface area contributed by atoms with Crippen LogP contribution in [-0.4, -0.2) is 118 Å². The summed E-state index contributed by atoms with van der Waals surface area (Å²) in [5.74, 6) is -1.47. The normalized spacial score (nSPS) is 25.0. The van der Waals surface area contributed by atoms with Crippen molar-refractivity contribution in [3.63, 3.8) is 0 Å². The molecule has 5 amide bonds. The number of rotatable bonds is 8. The van der Waals surface area contributed by atoms with Gasteiger partial charge in [0, 0.05) is 75.2 Å². The summed E-state index contributed by atoms with van der Waals surface area (Å²) in [6, 6.07) is 8.41. The maximum absolute atomic E-state index is 15.5. The van der Waals surface area contributed by atoms with Gasteiger partial charge in [0.2, 0.25) is 11.8 Å². The Morgan fingerprint density at radius 2 is 1.59 bits per heavy atom. The second kappa shape index (κ2) is 15.1. The lowest BCUT2D eigenvalue weighted by Crippen LogP contribution is -2.74. The van der Waals surface area contributed by atoms with E-state index in [1.54, 1.807) is 24.4 Å². The lowest BCUT2D eigenvalue weighted by atomic mass is 9.49. The minimum atomic E-state index is -1.11. The Bertz CT molecular complexity index is 2410. The van der Waals surface area contributed by atoms with E-state index in [2.05, 4.69) is 53.9 Å². The van der Waals surface area contributed by atoms with Gasteiger partial charge in [-0.3, -0.25) is 39.1 Å². The highest BCUT2D eigenvalue weighted by atomic mass is 35.5. The zero-order valence-corrected chi connectivity index (χ0v) is 35.3. The molecule has 9 rings (SSSR count). The van der Waals surface area contributed by atoms with Crippen LogP contribution < -0.4 is 19.9 Å². The van der Waals surface area contributed by atoms with E-state index < -0.39 is 46.3 Å². The number of nitrogens with one attached hydrogen (secondary N) is 1. The molecule has 6 aliphatic rings. The van der Waals surface area contributed by atoms with Crippen LogP contribution in [0.3, 0.4) is 0 Å². The number of fused-ring (bicyclic) bond motifs is 2. The lowest BCUT2D eigenvalue weighted by molar-refractivity contribution is -0.199. The van der Waals surface area contributed by atoms with Gasteiger partial charge < -0.3 is 19.4 Å². The van der Waals surface area contributed by atoms with Crippen LogP contribution in [0.1, 0.15) is 95.8 Å². The second-order valence-electron chi connectivity index (χ2n) is 18.3. The molecule has 0 bridgehead atoms. The summed E-state index contributed by atoms with van der Waals surface area (Å²) in [4.78, 5) is 83.3. The smallest absolute Gasteiger partial charge is 0.275 e. The molecular weight excluding hydrogens is 805 g/mol. The van der Waals surface area contributed by atoms with Gasteiger partial charge in [0.1, 0.15) is 35.6 Å². The molecule has 17 heteroatoms.